The van der Waals surface area contributed by atoms with Crippen molar-refractivity contribution in [1.29, 1.82) is 0 Å². The molecule has 6 rings (SSSR count). The average Bonchev–Trinajstić information content (AvgIpc) is 3.34. The van der Waals surface area contributed by atoms with Crippen LogP contribution in [0.5, 0.6) is 17.2 Å². The van der Waals surface area contributed by atoms with Crippen molar-refractivity contribution in [3.05, 3.63) is 53.2 Å². The minimum Gasteiger partial charge on any atom is -0.507 e. The van der Waals surface area contributed by atoms with Gasteiger partial charge < -0.3 is 29.4 Å². The highest BCUT2D eigenvalue weighted by atomic mass is 16.7. The molecule has 2 N–H and O–H groups in total. The topological polar surface area (TPSA) is 95.1 Å². The number of hydrogen-bond donors (Lipinski definition) is 2. The summed E-state index contributed by atoms with van der Waals surface area (Å²) in [5, 5.41) is 11.2. The number of nitrogens with zero attached hydrogens (tertiary/aromatic N) is 2. The summed E-state index contributed by atoms with van der Waals surface area (Å²) in [4.78, 5) is 32.7. The van der Waals surface area contributed by atoms with E-state index in [1.807, 2.05) is 24.3 Å². The quantitative estimate of drug-likeness (QED) is 0.645. The largest absolute Gasteiger partial charge is 0.507 e. The number of likely N-dealkylation sites (N-methyl/N-ethyl adjacent to an activating group) is 1. The number of amides is 2. The number of carbonyl (C=O) groups excluding carboxylic acids is 2. The Bertz CT molecular complexity index is 1230. The normalized spacial score (nSPS) is 22.4. The lowest BCUT2D eigenvalue weighted by Gasteiger charge is -2.46. The smallest absolute Gasteiger partial charge is 0.245 e. The van der Waals surface area contributed by atoms with E-state index in [2.05, 4.69) is 4.98 Å². The molecule has 30 heavy (non-hydrogen) atoms. The van der Waals surface area contributed by atoms with Crippen LogP contribution in [0.25, 0.3) is 10.9 Å². The van der Waals surface area contributed by atoms with Gasteiger partial charge in [0.2, 0.25) is 18.6 Å². The third-order valence-corrected chi connectivity index (χ3v) is 6.26. The van der Waals surface area contributed by atoms with Gasteiger partial charge in [0, 0.05) is 30.1 Å². The second kappa shape index (κ2) is 5.91. The van der Waals surface area contributed by atoms with Crippen molar-refractivity contribution < 1.29 is 24.2 Å². The Balaban J connectivity index is 1.61. The lowest BCUT2D eigenvalue weighted by molar-refractivity contribution is -0.157. The van der Waals surface area contributed by atoms with E-state index in [1.54, 1.807) is 24.1 Å². The molecule has 2 amide bonds. The molecule has 0 saturated carbocycles. The van der Waals surface area contributed by atoms with E-state index in [0.29, 0.717) is 23.3 Å². The molecule has 1 fully saturated rings. The van der Waals surface area contributed by atoms with Crippen molar-refractivity contribution in [1.82, 2.24) is 14.8 Å². The van der Waals surface area contributed by atoms with E-state index < -0.39 is 12.1 Å². The SMILES string of the molecule is CN1CC(=O)N2C(Cc3c([nH]c4cccc(O)c34)C2c2ccc3c(c2)OCO3)C1=O. The van der Waals surface area contributed by atoms with Crippen LogP contribution in [0.2, 0.25) is 0 Å². The number of fused-ring (bicyclic) bond motifs is 5. The molecule has 4 heterocycles. The minimum atomic E-state index is -0.627. The first-order chi connectivity index (χ1) is 14.5. The number of phenolic OH excluding ortho intramolecular Hbond substituents is 1. The molecule has 0 aliphatic carbocycles. The number of hydrogen-bond acceptors (Lipinski definition) is 5. The third-order valence-electron chi connectivity index (χ3n) is 6.26. The van der Waals surface area contributed by atoms with Gasteiger partial charge in [0.15, 0.2) is 11.5 Å². The zero-order chi connectivity index (χ0) is 20.6. The van der Waals surface area contributed by atoms with Gasteiger partial charge in [-0.2, -0.15) is 0 Å². The summed E-state index contributed by atoms with van der Waals surface area (Å²) in [6.45, 7) is 0.195. The molecule has 152 valence electrons. The maximum Gasteiger partial charge on any atom is 0.245 e. The van der Waals surface area contributed by atoms with Crippen LogP contribution in [-0.4, -0.2) is 58.1 Å². The molecule has 2 unspecified atom stereocenters. The van der Waals surface area contributed by atoms with Crippen molar-refractivity contribution in [3.63, 3.8) is 0 Å². The Morgan fingerprint density at radius 3 is 2.83 bits per heavy atom. The Morgan fingerprint density at radius 1 is 1.13 bits per heavy atom. The maximum absolute atomic E-state index is 13.1. The highest BCUT2D eigenvalue weighted by Crippen LogP contribution is 2.46. The Hall–Kier alpha value is -3.68. The number of benzene rings is 2. The molecule has 8 heteroatoms. The van der Waals surface area contributed by atoms with Gasteiger partial charge in [-0.15, -0.1) is 0 Å². The Morgan fingerprint density at radius 2 is 1.97 bits per heavy atom. The Kier molecular flexibility index (Phi) is 3.39. The van der Waals surface area contributed by atoms with Gasteiger partial charge in [-0.25, -0.2) is 0 Å². The second-order valence-electron chi connectivity index (χ2n) is 7.95. The second-order valence-corrected chi connectivity index (χ2v) is 7.95. The zero-order valence-electron chi connectivity index (χ0n) is 16.2. The molecule has 1 aromatic heterocycles. The van der Waals surface area contributed by atoms with Crippen molar-refractivity contribution in [2.45, 2.75) is 18.5 Å². The van der Waals surface area contributed by atoms with Crippen LogP contribution in [0.1, 0.15) is 22.9 Å². The molecule has 3 aliphatic rings. The van der Waals surface area contributed by atoms with E-state index in [9.17, 15) is 14.7 Å². The third kappa shape index (κ3) is 2.21. The molecule has 0 radical (unpaired) electrons. The first kappa shape index (κ1) is 17.2. The van der Waals surface area contributed by atoms with E-state index in [0.717, 1.165) is 22.3 Å². The lowest BCUT2D eigenvalue weighted by Crippen LogP contribution is -2.62. The van der Waals surface area contributed by atoms with Crippen molar-refractivity contribution in [3.8, 4) is 17.2 Å². The van der Waals surface area contributed by atoms with Crippen molar-refractivity contribution in [2.75, 3.05) is 20.4 Å². The standard InChI is InChI=1S/C22H19N3O5/c1-24-9-18(27)25-14(22(24)28)8-12-19-13(3-2-4-15(19)26)23-20(12)21(25)11-5-6-16-17(7-11)30-10-29-16/h2-7,14,21,23,26H,8-10H2,1H3. The summed E-state index contributed by atoms with van der Waals surface area (Å²) in [6, 6.07) is 9.75. The molecule has 0 spiro atoms. The number of aromatic nitrogens is 1. The molecule has 2 atom stereocenters. The van der Waals surface area contributed by atoms with Crippen LogP contribution >= 0.6 is 0 Å². The maximum atomic E-state index is 13.1. The van der Waals surface area contributed by atoms with Crippen molar-refractivity contribution >= 4 is 22.7 Å². The molecule has 8 nitrogen and oxygen atoms in total. The molecular weight excluding hydrogens is 386 g/mol. The number of aromatic amines is 1. The van der Waals surface area contributed by atoms with E-state index in [4.69, 9.17) is 9.47 Å². The summed E-state index contributed by atoms with van der Waals surface area (Å²) in [6.07, 6.45) is 0.350. The highest BCUT2D eigenvalue weighted by Gasteiger charge is 2.47. The van der Waals surface area contributed by atoms with Gasteiger partial charge >= 0.3 is 0 Å². The Labute approximate surface area is 171 Å². The highest BCUT2D eigenvalue weighted by molar-refractivity contribution is 5.98. The zero-order valence-corrected chi connectivity index (χ0v) is 16.2. The minimum absolute atomic E-state index is 0.0389. The first-order valence-corrected chi connectivity index (χ1v) is 9.81. The van der Waals surface area contributed by atoms with Crippen LogP contribution in [0, 0.1) is 0 Å². The van der Waals surface area contributed by atoms with E-state index in [-0.39, 0.29) is 30.9 Å². The van der Waals surface area contributed by atoms with Gasteiger partial charge in [0.1, 0.15) is 11.8 Å². The van der Waals surface area contributed by atoms with E-state index >= 15 is 0 Å². The fraction of sp³-hybridized carbons (Fsp3) is 0.273. The first-order valence-electron chi connectivity index (χ1n) is 9.81. The number of carbonyl (C=O) groups is 2. The van der Waals surface area contributed by atoms with Crippen LogP contribution in [0.15, 0.2) is 36.4 Å². The predicted molar refractivity (Wildman–Crippen MR) is 106 cm³/mol. The molecule has 1 saturated heterocycles. The molecule has 3 aliphatic heterocycles. The number of H-pyrrole nitrogens is 1. The number of ether oxygens (including phenoxy) is 2. The van der Waals surface area contributed by atoms with Gasteiger partial charge in [0.25, 0.3) is 0 Å². The van der Waals surface area contributed by atoms with Crippen molar-refractivity contribution in [2.24, 2.45) is 0 Å². The summed E-state index contributed by atoms with van der Waals surface area (Å²) in [5.74, 6) is 1.21. The summed E-state index contributed by atoms with van der Waals surface area (Å²) >= 11 is 0. The lowest BCUT2D eigenvalue weighted by atomic mass is 9.86. The number of aromatic hydroxyl groups is 1. The summed E-state index contributed by atoms with van der Waals surface area (Å²) in [7, 11) is 1.65. The molecule has 3 aromatic rings. The van der Waals surface area contributed by atoms with Gasteiger partial charge in [0.05, 0.1) is 12.6 Å². The van der Waals surface area contributed by atoms with Crippen LogP contribution in [-0.2, 0) is 16.0 Å². The summed E-state index contributed by atoms with van der Waals surface area (Å²) in [5.41, 5.74) is 3.27. The molecule has 2 aromatic carbocycles. The summed E-state index contributed by atoms with van der Waals surface area (Å²) < 4.78 is 11.0. The fourth-order valence-corrected chi connectivity index (χ4v) is 4.92. The van der Waals surface area contributed by atoms with Crippen LogP contribution < -0.4 is 9.47 Å². The number of nitrogens with one attached hydrogen (secondary N) is 1. The number of rotatable bonds is 1. The van der Waals surface area contributed by atoms with Crippen LogP contribution in [0.3, 0.4) is 0 Å². The predicted octanol–water partition coefficient (Wildman–Crippen LogP) is 1.92. The number of piperazine rings is 1. The van der Waals surface area contributed by atoms with E-state index in [1.165, 1.54) is 4.90 Å². The monoisotopic (exact) mass is 405 g/mol. The van der Waals surface area contributed by atoms with Gasteiger partial charge in [-0.3, -0.25) is 9.59 Å². The molecule has 0 bridgehead atoms. The van der Waals surface area contributed by atoms with Gasteiger partial charge in [-0.1, -0.05) is 12.1 Å². The number of phenols is 1. The average molecular weight is 405 g/mol. The van der Waals surface area contributed by atoms with Crippen LogP contribution in [0.4, 0.5) is 0 Å². The fourth-order valence-electron chi connectivity index (χ4n) is 4.92. The molecular formula is C22H19N3O5. The van der Waals surface area contributed by atoms with Gasteiger partial charge in [-0.05, 0) is 35.4 Å².